The van der Waals surface area contributed by atoms with Crippen LogP contribution in [0.3, 0.4) is 0 Å². The lowest BCUT2D eigenvalue weighted by Gasteiger charge is -2.22. The summed E-state index contributed by atoms with van der Waals surface area (Å²) in [5.74, 6) is 0.722. The number of ether oxygens (including phenoxy) is 1. The van der Waals surface area contributed by atoms with Gasteiger partial charge < -0.3 is 15.0 Å². The molecule has 26 heavy (non-hydrogen) atoms. The molecule has 2 N–H and O–H groups in total. The molecule has 0 fully saturated rings. The number of hydrogen-bond donors (Lipinski definition) is 2. The lowest BCUT2D eigenvalue weighted by atomic mass is 10.2. The lowest BCUT2D eigenvalue weighted by molar-refractivity contribution is -0.0498. The predicted octanol–water partition coefficient (Wildman–Crippen LogP) is 1.85. The van der Waals surface area contributed by atoms with Crippen molar-refractivity contribution in [1.29, 1.82) is 0 Å². The Morgan fingerprint density at radius 1 is 1.31 bits per heavy atom. The van der Waals surface area contributed by atoms with Crippen LogP contribution in [0.25, 0.3) is 0 Å². The fourth-order valence-electron chi connectivity index (χ4n) is 1.99. The zero-order valence-electron chi connectivity index (χ0n) is 14.9. The summed E-state index contributed by atoms with van der Waals surface area (Å²) in [7, 11) is -1.41. The van der Waals surface area contributed by atoms with Crippen LogP contribution in [0.1, 0.15) is 12.5 Å². The minimum absolute atomic E-state index is 0. The number of guanidine groups is 1. The van der Waals surface area contributed by atoms with Crippen molar-refractivity contribution in [1.82, 2.24) is 14.9 Å². The van der Waals surface area contributed by atoms with Crippen molar-refractivity contribution in [2.24, 2.45) is 4.99 Å². The maximum atomic E-state index is 12.1. The van der Waals surface area contributed by atoms with E-state index in [4.69, 9.17) is 0 Å². The number of hydrogen-bond acceptors (Lipinski definition) is 4. The lowest BCUT2D eigenvalue weighted by Crippen LogP contribution is -2.39. The van der Waals surface area contributed by atoms with Gasteiger partial charge in [-0.15, -0.1) is 24.0 Å². The third-order valence-corrected chi connectivity index (χ3v) is 3.73. The normalized spacial score (nSPS) is 11.8. The molecule has 0 aromatic heterocycles. The summed E-state index contributed by atoms with van der Waals surface area (Å²) in [4.78, 5) is 6.20. The minimum Gasteiger partial charge on any atom is -0.435 e. The fraction of sp³-hybridized carbons (Fsp3) is 0.533. The average Bonchev–Trinajstić information content (AvgIpc) is 2.50. The molecule has 0 spiro atoms. The molecule has 0 saturated heterocycles. The minimum atomic E-state index is -3.23. The standard InChI is InChI=1S/C15H24F2N4O3S.HI/c1-4-18-15(19-9-10-20-25(3,22)23)21(2)11-12-5-7-13(8-6-12)24-14(16)17;/h5-8,14,20H,4,9-11H2,1-3H3,(H,18,19);1H. The van der Waals surface area contributed by atoms with Gasteiger partial charge in [-0.1, -0.05) is 12.1 Å². The Hall–Kier alpha value is -1.21. The topological polar surface area (TPSA) is 83.0 Å². The van der Waals surface area contributed by atoms with Gasteiger partial charge in [0, 0.05) is 26.7 Å². The number of nitrogens with one attached hydrogen (secondary N) is 2. The number of aliphatic imine (C=N–C) groups is 1. The molecule has 1 rings (SSSR count). The van der Waals surface area contributed by atoms with Crippen molar-refractivity contribution in [2.45, 2.75) is 20.1 Å². The summed E-state index contributed by atoms with van der Waals surface area (Å²) >= 11 is 0. The second kappa shape index (κ2) is 12.2. The molecular formula is C15H25F2IN4O3S. The maximum Gasteiger partial charge on any atom is 0.387 e. The summed E-state index contributed by atoms with van der Waals surface area (Å²) in [5, 5.41) is 3.11. The largest absolute Gasteiger partial charge is 0.435 e. The Bertz CT molecular complexity index is 657. The van der Waals surface area contributed by atoms with Crippen LogP contribution in [0.2, 0.25) is 0 Å². The maximum absolute atomic E-state index is 12.1. The molecule has 0 aliphatic heterocycles. The van der Waals surface area contributed by atoms with Crippen molar-refractivity contribution in [2.75, 3.05) is 32.9 Å². The van der Waals surface area contributed by atoms with Gasteiger partial charge in [-0.25, -0.2) is 13.1 Å². The summed E-state index contributed by atoms with van der Waals surface area (Å²) in [6.07, 6.45) is 1.09. The van der Waals surface area contributed by atoms with E-state index in [-0.39, 0.29) is 36.3 Å². The van der Waals surface area contributed by atoms with E-state index >= 15 is 0 Å². The Morgan fingerprint density at radius 2 is 1.92 bits per heavy atom. The molecule has 0 unspecified atom stereocenters. The molecule has 11 heteroatoms. The van der Waals surface area contributed by atoms with E-state index in [2.05, 4.69) is 19.8 Å². The zero-order chi connectivity index (χ0) is 18.9. The number of rotatable bonds is 9. The monoisotopic (exact) mass is 506 g/mol. The van der Waals surface area contributed by atoms with Gasteiger partial charge in [-0.2, -0.15) is 8.78 Å². The highest BCUT2D eigenvalue weighted by molar-refractivity contribution is 14.0. The molecule has 0 radical (unpaired) electrons. The second-order valence-electron chi connectivity index (χ2n) is 5.28. The van der Waals surface area contributed by atoms with E-state index in [1.54, 1.807) is 12.1 Å². The van der Waals surface area contributed by atoms with Gasteiger partial charge in [0.1, 0.15) is 5.75 Å². The second-order valence-corrected chi connectivity index (χ2v) is 7.11. The molecule has 0 aliphatic carbocycles. The Morgan fingerprint density at radius 3 is 2.42 bits per heavy atom. The summed E-state index contributed by atoms with van der Waals surface area (Å²) in [6.45, 7) is 0.738. The van der Waals surface area contributed by atoms with E-state index in [0.717, 1.165) is 11.8 Å². The Labute approximate surface area is 170 Å². The quantitative estimate of drug-likeness (QED) is 0.231. The van der Waals surface area contributed by atoms with E-state index in [1.165, 1.54) is 12.1 Å². The molecule has 0 bridgehead atoms. The highest BCUT2D eigenvalue weighted by Crippen LogP contribution is 2.15. The van der Waals surface area contributed by atoms with Crippen LogP contribution in [0.4, 0.5) is 8.78 Å². The number of alkyl halides is 2. The van der Waals surface area contributed by atoms with Gasteiger partial charge in [0.25, 0.3) is 0 Å². The van der Waals surface area contributed by atoms with Crippen molar-refractivity contribution in [3.63, 3.8) is 0 Å². The summed E-state index contributed by atoms with van der Waals surface area (Å²) in [6, 6.07) is 6.36. The molecule has 0 aliphatic rings. The molecule has 1 aromatic carbocycles. The Kier molecular flexibility index (Phi) is 11.7. The average molecular weight is 506 g/mol. The van der Waals surface area contributed by atoms with Gasteiger partial charge in [-0.3, -0.25) is 4.99 Å². The first kappa shape index (κ1) is 24.8. The Balaban J connectivity index is 0.00000625. The molecular weight excluding hydrogens is 481 g/mol. The molecule has 0 amide bonds. The third kappa shape index (κ3) is 10.7. The first-order valence-corrected chi connectivity index (χ1v) is 9.58. The fourth-order valence-corrected chi connectivity index (χ4v) is 2.45. The van der Waals surface area contributed by atoms with E-state index in [1.807, 2.05) is 18.9 Å². The van der Waals surface area contributed by atoms with E-state index in [0.29, 0.717) is 25.6 Å². The van der Waals surface area contributed by atoms with Crippen LogP contribution in [0.5, 0.6) is 5.75 Å². The zero-order valence-corrected chi connectivity index (χ0v) is 18.1. The van der Waals surface area contributed by atoms with Crippen molar-refractivity contribution >= 4 is 40.0 Å². The molecule has 1 aromatic rings. The van der Waals surface area contributed by atoms with Crippen LogP contribution in [-0.2, 0) is 16.6 Å². The molecule has 0 saturated carbocycles. The molecule has 0 heterocycles. The predicted molar refractivity (Wildman–Crippen MR) is 109 cm³/mol. The van der Waals surface area contributed by atoms with Gasteiger partial charge in [0.15, 0.2) is 5.96 Å². The molecule has 0 atom stereocenters. The van der Waals surface area contributed by atoms with Crippen LogP contribution in [0.15, 0.2) is 29.3 Å². The van der Waals surface area contributed by atoms with Crippen LogP contribution in [-0.4, -0.2) is 58.8 Å². The van der Waals surface area contributed by atoms with E-state index < -0.39 is 16.6 Å². The van der Waals surface area contributed by atoms with Crippen LogP contribution >= 0.6 is 24.0 Å². The van der Waals surface area contributed by atoms with Crippen molar-refractivity contribution in [3.8, 4) is 5.75 Å². The molecule has 7 nitrogen and oxygen atoms in total. The molecule has 150 valence electrons. The van der Waals surface area contributed by atoms with Gasteiger partial charge >= 0.3 is 6.61 Å². The smallest absolute Gasteiger partial charge is 0.387 e. The number of benzene rings is 1. The van der Waals surface area contributed by atoms with Crippen molar-refractivity contribution < 1.29 is 21.9 Å². The first-order valence-electron chi connectivity index (χ1n) is 7.69. The van der Waals surface area contributed by atoms with Gasteiger partial charge in [-0.05, 0) is 24.6 Å². The summed E-state index contributed by atoms with van der Waals surface area (Å²) in [5.41, 5.74) is 0.893. The highest BCUT2D eigenvalue weighted by atomic mass is 127. The number of nitrogens with zero attached hydrogens (tertiary/aromatic N) is 2. The highest BCUT2D eigenvalue weighted by Gasteiger charge is 2.08. The third-order valence-electron chi connectivity index (χ3n) is 3.00. The van der Waals surface area contributed by atoms with Crippen molar-refractivity contribution in [3.05, 3.63) is 29.8 Å². The van der Waals surface area contributed by atoms with Crippen LogP contribution in [0, 0.1) is 0 Å². The van der Waals surface area contributed by atoms with E-state index in [9.17, 15) is 17.2 Å². The number of halogens is 3. The first-order chi connectivity index (χ1) is 11.7. The SMILES string of the molecule is CCNC(=NCCNS(C)(=O)=O)N(C)Cc1ccc(OC(F)F)cc1.I. The van der Waals surface area contributed by atoms with Crippen LogP contribution < -0.4 is 14.8 Å². The summed E-state index contributed by atoms with van der Waals surface area (Å²) < 4.78 is 53.0. The van der Waals surface area contributed by atoms with Gasteiger partial charge in [0.05, 0.1) is 12.8 Å². The number of sulfonamides is 1. The van der Waals surface area contributed by atoms with Gasteiger partial charge in [0.2, 0.25) is 10.0 Å².